The third kappa shape index (κ3) is 2.85. The average molecular weight is 262 g/mol. The molecule has 0 spiro atoms. The Morgan fingerprint density at radius 1 is 1.37 bits per heavy atom. The molecule has 0 aliphatic heterocycles. The molecule has 0 atom stereocenters. The summed E-state index contributed by atoms with van der Waals surface area (Å²) in [7, 11) is 3.13. The first-order valence-electron chi connectivity index (χ1n) is 5.62. The number of hydrogen-bond acceptors (Lipinski definition) is 4. The average Bonchev–Trinajstić information content (AvgIpc) is 2.85. The van der Waals surface area contributed by atoms with Crippen molar-refractivity contribution < 1.29 is 19.4 Å². The van der Waals surface area contributed by atoms with Crippen molar-refractivity contribution in [3.63, 3.8) is 0 Å². The summed E-state index contributed by atoms with van der Waals surface area (Å²) in [4.78, 5) is 17.8. The zero-order chi connectivity index (χ0) is 13.8. The number of aromatic amines is 1. The van der Waals surface area contributed by atoms with E-state index in [1.165, 1.54) is 6.20 Å². The van der Waals surface area contributed by atoms with Crippen LogP contribution in [-0.2, 0) is 11.2 Å². The molecule has 2 rings (SSSR count). The van der Waals surface area contributed by atoms with E-state index in [1.807, 2.05) is 0 Å². The van der Waals surface area contributed by atoms with E-state index >= 15 is 0 Å². The molecule has 6 heteroatoms. The van der Waals surface area contributed by atoms with Crippen LogP contribution < -0.4 is 9.47 Å². The maximum atomic E-state index is 10.6. The van der Waals surface area contributed by atoms with Gasteiger partial charge in [0.25, 0.3) is 0 Å². The lowest BCUT2D eigenvalue weighted by molar-refractivity contribution is -0.136. The second-order valence-electron chi connectivity index (χ2n) is 3.89. The second kappa shape index (κ2) is 5.43. The van der Waals surface area contributed by atoms with Crippen LogP contribution in [-0.4, -0.2) is 35.3 Å². The number of H-pyrrole nitrogens is 1. The summed E-state index contributed by atoms with van der Waals surface area (Å²) in [5.41, 5.74) is 1.29. The minimum Gasteiger partial charge on any atom is -0.497 e. The van der Waals surface area contributed by atoms with E-state index in [2.05, 4.69) is 9.97 Å². The van der Waals surface area contributed by atoms with Gasteiger partial charge in [-0.05, 0) is 12.1 Å². The van der Waals surface area contributed by atoms with Crippen molar-refractivity contribution in [2.45, 2.75) is 6.42 Å². The van der Waals surface area contributed by atoms with Crippen LogP contribution in [0.1, 0.15) is 5.69 Å². The van der Waals surface area contributed by atoms with Gasteiger partial charge in [0.1, 0.15) is 17.3 Å². The van der Waals surface area contributed by atoms with Crippen LogP contribution in [0.4, 0.5) is 0 Å². The van der Waals surface area contributed by atoms with Gasteiger partial charge < -0.3 is 19.6 Å². The van der Waals surface area contributed by atoms with Crippen LogP contribution in [0.25, 0.3) is 11.4 Å². The number of imidazole rings is 1. The van der Waals surface area contributed by atoms with Crippen LogP contribution >= 0.6 is 0 Å². The number of nitrogens with one attached hydrogen (secondary N) is 1. The molecule has 0 unspecified atom stereocenters. The Labute approximate surface area is 110 Å². The van der Waals surface area contributed by atoms with E-state index in [4.69, 9.17) is 14.6 Å². The van der Waals surface area contributed by atoms with Gasteiger partial charge in [0, 0.05) is 18.0 Å². The van der Waals surface area contributed by atoms with Gasteiger partial charge in [-0.2, -0.15) is 0 Å². The van der Waals surface area contributed by atoms with Gasteiger partial charge in [-0.1, -0.05) is 0 Å². The number of methoxy groups -OCH3 is 2. The summed E-state index contributed by atoms with van der Waals surface area (Å²) in [5.74, 6) is 0.945. The maximum Gasteiger partial charge on any atom is 0.309 e. The molecule has 0 aliphatic rings. The van der Waals surface area contributed by atoms with Gasteiger partial charge in [0.15, 0.2) is 0 Å². The Morgan fingerprint density at radius 2 is 2.16 bits per heavy atom. The van der Waals surface area contributed by atoms with E-state index in [-0.39, 0.29) is 6.42 Å². The zero-order valence-electron chi connectivity index (χ0n) is 10.6. The number of carbonyl (C=O) groups is 1. The van der Waals surface area contributed by atoms with E-state index in [1.54, 1.807) is 32.4 Å². The van der Waals surface area contributed by atoms with Crippen molar-refractivity contribution in [3.8, 4) is 22.9 Å². The minimum absolute atomic E-state index is 0.0918. The molecule has 2 aromatic rings. The third-order valence-corrected chi connectivity index (χ3v) is 2.63. The van der Waals surface area contributed by atoms with Gasteiger partial charge >= 0.3 is 5.97 Å². The van der Waals surface area contributed by atoms with Crippen molar-refractivity contribution in [2.24, 2.45) is 0 Å². The predicted molar refractivity (Wildman–Crippen MR) is 68.5 cm³/mol. The van der Waals surface area contributed by atoms with Gasteiger partial charge in [-0.15, -0.1) is 0 Å². The lowest BCUT2D eigenvalue weighted by Crippen LogP contribution is -2.00. The number of carboxylic acids is 1. The molecule has 0 aliphatic carbocycles. The molecule has 1 heterocycles. The fourth-order valence-corrected chi connectivity index (χ4v) is 1.74. The smallest absolute Gasteiger partial charge is 0.309 e. The zero-order valence-corrected chi connectivity index (χ0v) is 10.6. The van der Waals surface area contributed by atoms with Crippen LogP contribution in [0, 0.1) is 0 Å². The molecule has 2 N–H and O–H groups in total. The van der Waals surface area contributed by atoms with E-state index < -0.39 is 5.97 Å². The summed E-state index contributed by atoms with van der Waals surface area (Å²) in [6.07, 6.45) is 1.42. The number of aromatic nitrogens is 2. The number of rotatable bonds is 5. The molecular formula is C13H14N2O4. The number of benzene rings is 1. The maximum absolute atomic E-state index is 10.6. The molecule has 19 heavy (non-hydrogen) atoms. The standard InChI is InChI=1S/C13H14N2O4/c1-18-9-3-4-10(11(6-9)19-2)13-14-7-8(15-13)5-12(16)17/h3-4,6-7H,5H2,1-2H3,(H,14,15)(H,16,17). The van der Waals surface area contributed by atoms with Crippen LogP contribution in [0.15, 0.2) is 24.4 Å². The number of carboxylic acid groups (broad SMARTS) is 1. The summed E-state index contributed by atoms with van der Waals surface area (Å²) < 4.78 is 10.4. The molecule has 0 bridgehead atoms. The highest BCUT2D eigenvalue weighted by Gasteiger charge is 2.12. The van der Waals surface area contributed by atoms with Crippen molar-refractivity contribution in [1.82, 2.24) is 9.97 Å². The molecule has 1 aromatic heterocycles. The summed E-state index contributed by atoms with van der Waals surface area (Å²) >= 11 is 0. The Kier molecular flexibility index (Phi) is 3.70. The van der Waals surface area contributed by atoms with Crippen molar-refractivity contribution in [2.75, 3.05) is 14.2 Å². The molecule has 100 valence electrons. The van der Waals surface area contributed by atoms with Crippen molar-refractivity contribution >= 4 is 5.97 Å². The number of ether oxygens (including phenoxy) is 2. The van der Waals surface area contributed by atoms with Crippen LogP contribution in [0.5, 0.6) is 11.5 Å². The molecule has 0 radical (unpaired) electrons. The lowest BCUT2D eigenvalue weighted by atomic mass is 10.2. The molecule has 0 fully saturated rings. The SMILES string of the molecule is COc1ccc(-c2ncc(CC(=O)O)[nH]2)c(OC)c1. The predicted octanol–water partition coefficient (Wildman–Crippen LogP) is 1.72. The highest BCUT2D eigenvalue weighted by atomic mass is 16.5. The Bertz CT molecular complexity index is 592. The highest BCUT2D eigenvalue weighted by molar-refractivity contribution is 5.70. The number of nitrogens with zero attached hydrogens (tertiary/aromatic N) is 1. The second-order valence-corrected chi connectivity index (χ2v) is 3.89. The van der Waals surface area contributed by atoms with Crippen molar-refractivity contribution in [3.05, 3.63) is 30.1 Å². The topological polar surface area (TPSA) is 84.4 Å². The largest absolute Gasteiger partial charge is 0.497 e. The summed E-state index contributed by atoms with van der Waals surface area (Å²) in [5, 5.41) is 8.73. The van der Waals surface area contributed by atoms with Gasteiger partial charge in [-0.3, -0.25) is 4.79 Å². The molecule has 1 aromatic carbocycles. The lowest BCUT2D eigenvalue weighted by Gasteiger charge is -2.08. The van der Waals surface area contributed by atoms with Crippen LogP contribution in [0.3, 0.4) is 0 Å². The van der Waals surface area contributed by atoms with Crippen LogP contribution in [0.2, 0.25) is 0 Å². The van der Waals surface area contributed by atoms with E-state index in [0.29, 0.717) is 23.0 Å². The van der Waals surface area contributed by atoms with Gasteiger partial charge in [0.05, 0.1) is 26.2 Å². The quantitative estimate of drug-likeness (QED) is 0.857. The van der Waals surface area contributed by atoms with Gasteiger partial charge in [0.2, 0.25) is 0 Å². The van der Waals surface area contributed by atoms with E-state index in [0.717, 1.165) is 5.56 Å². The van der Waals surface area contributed by atoms with Gasteiger partial charge in [-0.25, -0.2) is 4.98 Å². The Balaban J connectivity index is 2.35. The Morgan fingerprint density at radius 3 is 2.79 bits per heavy atom. The molecule has 0 saturated heterocycles. The molecule has 6 nitrogen and oxygen atoms in total. The number of hydrogen-bond donors (Lipinski definition) is 2. The summed E-state index contributed by atoms with van der Waals surface area (Å²) in [6, 6.07) is 5.34. The van der Waals surface area contributed by atoms with E-state index in [9.17, 15) is 4.79 Å². The molecule has 0 amide bonds. The highest BCUT2D eigenvalue weighted by Crippen LogP contribution is 2.31. The first kappa shape index (κ1) is 12.9. The fraction of sp³-hybridized carbons (Fsp3) is 0.231. The summed E-state index contributed by atoms with van der Waals surface area (Å²) in [6.45, 7) is 0. The normalized spacial score (nSPS) is 10.2. The first-order valence-corrected chi connectivity index (χ1v) is 5.62. The number of aliphatic carboxylic acids is 1. The van der Waals surface area contributed by atoms with Crippen molar-refractivity contribution in [1.29, 1.82) is 0 Å². The molecular weight excluding hydrogens is 248 g/mol. The fourth-order valence-electron chi connectivity index (χ4n) is 1.74. The first-order chi connectivity index (χ1) is 9.13. The Hall–Kier alpha value is -2.50. The third-order valence-electron chi connectivity index (χ3n) is 2.63. The molecule has 0 saturated carbocycles. The minimum atomic E-state index is -0.906. The monoisotopic (exact) mass is 262 g/mol.